The van der Waals surface area contributed by atoms with Crippen LogP contribution in [0, 0.1) is 13.8 Å². The number of thiazole rings is 1. The Morgan fingerprint density at radius 3 is 2.39 bits per heavy atom. The van der Waals surface area contributed by atoms with E-state index >= 15 is 0 Å². The molecule has 0 N–H and O–H groups in total. The molecule has 0 spiro atoms. The first-order chi connectivity index (χ1) is 18.2. The van der Waals surface area contributed by atoms with Gasteiger partial charge in [0.15, 0.2) is 5.13 Å². The molecule has 5 rings (SSSR count). The van der Waals surface area contributed by atoms with Gasteiger partial charge in [-0.15, -0.1) is 0 Å². The summed E-state index contributed by atoms with van der Waals surface area (Å²) in [5, 5.41) is 0.578. The van der Waals surface area contributed by atoms with Gasteiger partial charge in [0, 0.05) is 24.8 Å². The van der Waals surface area contributed by atoms with Gasteiger partial charge in [-0.25, -0.2) is 13.4 Å². The highest BCUT2D eigenvalue weighted by Gasteiger charge is 2.29. The van der Waals surface area contributed by atoms with Crippen LogP contribution in [0.15, 0.2) is 65.7 Å². The zero-order chi connectivity index (χ0) is 26.9. The lowest BCUT2D eigenvalue weighted by Gasteiger charge is -2.30. The van der Waals surface area contributed by atoms with Crippen LogP contribution < -0.4 is 4.90 Å². The second-order valence-corrected chi connectivity index (χ2v) is 13.0. The third-order valence-corrected chi connectivity index (χ3v) is 10.3. The maximum absolute atomic E-state index is 13.8. The van der Waals surface area contributed by atoms with E-state index in [1.165, 1.54) is 33.3 Å². The maximum Gasteiger partial charge on any atom is 0.260 e. The van der Waals surface area contributed by atoms with Crippen LogP contribution in [0.1, 0.15) is 59.3 Å². The Kier molecular flexibility index (Phi) is 7.61. The molecular weight excluding hydrogens is 516 g/mol. The average Bonchev–Trinajstić information content (AvgIpc) is 3.34. The summed E-state index contributed by atoms with van der Waals surface area (Å²) >= 11 is 1.46. The van der Waals surface area contributed by atoms with Crippen molar-refractivity contribution < 1.29 is 13.2 Å². The number of sulfonamides is 1. The predicted octanol–water partition coefficient (Wildman–Crippen LogP) is 6.11. The molecule has 4 aromatic rings. The van der Waals surface area contributed by atoms with Crippen molar-refractivity contribution in [2.45, 2.75) is 63.4 Å². The first-order valence-electron chi connectivity index (χ1n) is 12.9. The molecule has 198 valence electrons. The summed E-state index contributed by atoms with van der Waals surface area (Å²) in [7, 11) is -1.98. The zero-order valence-electron chi connectivity index (χ0n) is 21.9. The minimum atomic E-state index is -3.64. The van der Waals surface area contributed by atoms with Crippen molar-refractivity contribution >= 4 is 42.6 Å². The number of carbonyl (C=O) groups is 1. The highest BCUT2D eigenvalue weighted by atomic mass is 32.2. The monoisotopic (exact) mass is 548 g/mol. The summed E-state index contributed by atoms with van der Waals surface area (Å²) in [5.41, 5.74) is 4.30. The molecule has 1 amide bonds. The minimum absolute atomic E-state index is 0.0234. The molecule has 0 aliphatic heterocycles. The highest BCUT2D eigenvalue weighted by Crippen LogP contribution is 2.33. The van der Waals surface area contributed by atoms with Crippen molar-refractivity contribution in [1.82, 2.24) is 14.3 Å². The smallest absolute Gasteiger partial charge is 0.260 e. The number of hydrogen-bond acceptors (Lipinski definition) is 6. The van der Waals surface area contributed by atoms with E-state index in [-0.39, 0.29) is 23.4 Å². The van der Waals surface area contributed by atoms with E-state index in [2.05, 4.69) is 18.0 Å². The number of carbonyl (C=O) groups excluding carboxylic acids is 1. The maximum atomic E-state index is 13.8. The molecule has 9 heteroatoms. The molecule has 2 aromatic heterocycles. The molecule has 38 heavy (non-hydrogen) atoms. The van der Waals surface area contributed by atoms with E-state index < -0.39 is 10.0 Å². The number of benzene rings is 2. The molecular formula is C29H32N4O3S2. The van der Waals surface area contributed by atoms with Crippen LogP contribution in [0.3, 0.4) is 0 Å². The number of aryl methyl sites for hydroxylation is 2. The van der Waals surface area contributed by atoms with Crippen LogP contribution in [0.4, 0.5) is 5.13 Å². The molecule has 0 bridgehead atoms. The van der Waals surface area contributed by atoms with Crippen LogP contribution in [-0.2, 0) is 16.6 Å². The highest BCUT2D eigenvalue weighted by molar-refractivity contribution is 7.89. The Hall–Kier alpha value is -3.14. The van der Waals surface area contributed by atoms with E-state index in [0.29, 0.717) is 10.7 Å². The minimum Gasteiger partial charge on any atom is -0.278 e. The first-order valence-corrected chi connectivity index (χ1v) is 15.2. The van der Waals surface area contributed by atoms with Gasteiger partial charge in [0.1, 0.15) is 0 Å². The molecule has 0 saturated heterocycles. The van der Waals surface area contributed by atoms with Gasteiger partial charge in [-0.05, 0) is 86.3 Å². The summed E-state index contributed by atoms with van der Waals surface area (Å²) in [6.45, 7) is 4.36. The van der Waals surface area contributed by atoms with Crippen LogP contribution >= 0.6 is 11.3 Å². The first kappa shape index (κ1) is 26.5. The van der Waals surface area contributed by atoms with E-state index in [4.69, 9.17) is 4.98 Å². The van der Waals surface area contributed by atoms with Crippen molar-refractivity contribution in [2.75, 3.05) is 11.9 Å². The lowest BCUT2D eigenvalue weighted by molar-refractivity contribution is 0.0984. The summed E-state index contributed by atoms with van der Waals surface area (Å²) in [5.74, 6) is -0.257. The molecule has 0 radical (unpaired) electrons. The molecule has 1 aliphatic rings. The van der Waals surface area contributed by atoms with Crippen LogP contribution in [0.25, 0.3) is 10.2 Å². The standard InChI is InChI=1S/C29H32N4O3S2/c1-20-17-26-27(18-21(20)2)37-29(31-26)33(19-23-9-7-8-16-30-23)28(34)22-12-14-25(15-13-22)38(35,36)32(3)24-10-5-4-6-11-24/h7-9,12-18,24H,4-6,10-11,19H2,1-3H3. The van der Waals surface area contributed by atoms with Gasteiger partial charge in [-0.1, -0.05) is 36.7 Å². The van der Waals surface area contributed by atoms with Crippen LogP contribution in [0.2, 0.25) is 0 Å². The molecule has 2 aromatic carbocycles. The number of pyridine rings is 1. The lowest BCUT2D eigenvalue weighted by atomic mass is 9.96. The fraction of sp³-hybridized carbons (Fsp3) is 0.345. The van der Waals surface area contributed by atoms with Gasteiger partial charge in [0.25, 0.3) is 5.91 Å². The third kappa shape index (κ3) is 5.36. The summed E-state index contributed by atoms with van der Waals surface area (Å²) in [4.78, 5) is 24.8. The Balaban J connectivity index is 1.45. The second kappa shape index (κ2) is 10.9. The van der Waals surface area contributed by atoms with E-state index in [9.17, 15) is 13.2 Å². The molecule has 1 aliphatic carbocycles. The van der Waals surface area contributed by atoms with Crippen molar-refractivity contribution in [3.8, 4) is 0 Å². The van der Waals surface area contributed by atoms with Gasteiger partial charge in [-0.2, -0.15) is 4.31 Å². The third-order valence-electron chi connectivity index (χ3n) is 7.38. The summed E-state index contributed by atoms with van der Waals surface area (Å²) < 4.78 is 29.1. The van der Waals surface area contributed by atoms with Crippen LogP contribution in [0.5, 0.6) is 0 Å². The van der Waals surface area contributed by atoms with Gasteiger partial charge in [-0.3, -0.25) is 14.7 Å². The fourth-order valence-corrected chi connectivity index (χ4v) is 7.35. The predicted molar refractivity (Wildman–Crippen MR) is 152 cm³/mol. The number of aromatic nitrogens is 2. The van der Waals surface area contributed by atoms with E-state index in [1.54, 1.807) is 30.3 Å². The average molecular weight is 549 g/mol. The fourth-order valence-electron chi connectivity index (χ4n) is 4.90. The number of nitrogens with zero attached hydrogens (tertiary/aromatic N) is 4. The Bertz CT molecular complexity index is 1510. The van der Waals surface area contributed by atoms with E-state index in [1.807, 2.05) is 31.2 Å². The SMILES string of the molecule is Cc1cc2nc(N(Cc3ccccn3)C(=O)c3ccc(S(=O)(=O)N(C)C4CCCCC4)cc3)sc2cc1C. The lowest BCUT2D eigenvalue weighted by Crippen LogP contribution is -2.38. The number of anilines is 1. The topological polar surface area (TPSA) is 83.5 Å². The van der Waals surface area contributed by atoms with Gasteiger partial charge in [0.05, 0.1) is 27.4 Å². The number of hydrogen-bond donors (Lipinski definition) is 0. The largest absolute Gasteiger partial charge is 0.278 e. The number of rotatable bonds is 7. The van der Waals surface area contributed by atoms with Gasteiger partial charge >= 0.3 is 0 Å². The molecule has 2 heterocycles. The molecule has 7 nitrogen and oxygen atoms in total. The zero-order valence-corrected chi connectivity index (χ0v) is 23.6. The van der Waals surface area contributed by atoms with Crippen LogP contribution in [-0.4, -0.2) is 41.7 Å². The number of fused-ring (bicyclic) bond motifs is 1. The molecule has 0 unspecified atom stereocenters. The molecule has 1 fully saturated rings. The Morgan fingerprint density at radius 2 is 1.71 bits per heavy atom. The van der Waals surface area contributed by atoms with Crippen molar-refractivity contribution in [3.05, 3.63) is 83.2 Å². The Labute approximate surface area is 228 Å². The van der Waals surface area contributed by atoms with Gasteiger partial charge in [0.2, 0.25) is 10.0 Å². The van der Waals surface area contributed by atoms with Crippen molar-refractivity contribution in [3.63, 3.8) is 0 Å². The van der Waals surface area contributed by atoms with Crippen molar-refractivity contribution in [1.29, 1.82) is 0 Å². The summed E-state index contributed by atoms with van der Waals surface area (Å²) in [6, 6.07) is 16.0. The molecule has 0 atom stereocenters. The van der Waals surface area contributed by atoms with Gasteiger partial charge < -0.3 is 0 Å². The second-order valence-electron chi connectivity index (χ2n) is 9.95. The van der Waals surface area contributed by atoms with Crippen molar-refractivity contribution in [2.24, 2.45) is 0 Å². The molecule has 1 saturated carbocycles. The normalized spacial score (nSPS) is 14.7. The van der Waals surface area contributed by atoms with E-state index in [0.717, 1.165) is 53.6 Å². The quantitative estimate of drug-likeness (QED) is 0.278. The number of amides is 1. The summed E-state index contributed by atoms with van der Waals surface area (Å²) in [6.07, 6.45) is 6.73. The Morgan fingerprint density at radius 1 is 1.00 bits per heavy atom.